The number of aromatic nitrogens is 2. The normalized spacial score (nSPS) is 25.0. The molecule has 0 aliphatic carbocycles. The molecule has 0 saturated carbocycles. The average Bonchev–Trinajstić information content (AvgIpc) is 2.98. The molecule has 0 bridgehead atoms. The predicted molar refractivity (Wildman–Crippen MR) is 91.7 cm³/mol. The third kappa shape index (κ3) is 4.21. The van der Waals surface area contributed by atoms with Crippen LogP contribution in [0.15, 0.2) is 18.6 Å². The van der Waals surface area contributed by atoms with E-state index < -0.39 is 5.60 Å². The molecule has 2 aliphatic heterocycles. The van der Waals surface area contributed by atoms with E-state index in [4.69, 9.17) is 0 Å². The SMILES string of the molecule is CN(C[C@]1(O)CCN(c2cnccn2)C1)C(=O)CN1CCCCC1. The van der Waals surface area contributed by atoms with Crippen LogP contribution in [0.5, 0.6) is 0 Å². The number of hydrogen-bond acceptors (Lipinski definition) is 6. The first kappa shape index (κ1) is 17.1. The maximum atomic E-state index is 12.4. The van der Waals surface area contributed by atoms with Crippen LogP contribution in [-0.2, 0) is 4.79 Å². The number of β-amino-alcohol motifs (C(OH)–C–C–N with tert-alkyl or cyclic N) is 1. The fraction of sp³-hybridized carbons (Fsp3) is 0.706. The summed E-state index contributed by atoms with van der Waals surface area (Å²) in [6.45, 7) is 4.03. The number of carbonyl (C=O) groups excluding carboxylic acids is 1. The van der Waals surface area contributed by atoms with Gasteiger partial charge < -0.3 is 14.9 Å². The van der Waals surface area contributed by atoms with Crippen LogP contribution in [0.4, 0.5) is 5.82 Å². The van der Waals surface area contributed by atoms with E-state index in [1.165, 1.54) is 19.3 Å². The first-order valence-electron chi connectivity index (χ1n) is 8.75. The van der Waals surface area contributed by atoms with Crippen LogP contribution in [0.1, 0.15) is 25.7 Å². The Morgan fingerprint density at radius 1 is 1.29 bits per heavy atom. The van der Waals surface area contributed by atoms with E-state index in [1.54, 1.807) is 30.5 Å². The van der Waals surface area contributed by atoms with Gasteiger partial charge in [-0.05, 0) is 32.4 Å². The van der Waals surface area contributed by atoms with Crippen LogP contribution in [0, 0.1) is 0 Å². The molecular formula is C17H27N5O2. The molecule has 0 radical (unpaired) electrons. The number of carbonyl (C=O) groups is 1. The Hall–Kier alpha value is -1.73. The van der Waals surface area contributed by atoms with Gasteiger partial charge in [-0.25, -0.2) is 4.98 Å². The van der Waals surface area contributed by atoms with E-state index in [2.05, 4.69) is 14.9 Å². The zero-order valence-corrected chi connectivity index (χ0v) is 14.4. The third-order valence-corrected chi connectivity index (χ3v) is 4.97. The molecule has 3 rings (SSSR count). The minimum absolute atomic E-state index is 0.0864. The summed E-state index contributed by atoms with van der Waals surface area (Å²) in [6.07, 6.45) is 9.24. The van der Waals surface area contributed by atoms with Crippen molar-refractivity contribution < 1.29 is 9.90 Å². The molecule has 3 heterocycles. The fourth-order valence-electron chi connectivity index (χ4n) is 3.59. The zero-order valence-electron chi connectivity index (χ0n) is 14.4. The Bertz CT molecular complexity index is 549. The smallest absolute Gasteiger partial charge is 0.236 e. The summed E-state index contributed by atoms with van der Waals surface area (Å²) in [5.74, 6) is 0.860. The second-order valence-corrected chi connectivity index (χ2v) is 7.05. The van der Waals surface area contributed by atoms with Crippen LogP contribution in [0.2, 0.25) is 0 Å². The average molecular weight is 333 g/mol. The summed E-state index contributed by atoms with van der Waals surface area (Å²) < 4.78 is 0. The van der Waals surface area contributed by atoms with Gasteiger partial charge in [0, 0.05) is 32.5 Å². The zero-order chi connectivity index (χ0) is 17.0. The van der Waals surface area contributed by atoms with Crippen LogP contribution < -0.4 is 4.90 Å². The molecule has 2 aliphatic rings. The van der Waals surface area contributed by atoms with Gasteiger partial charge in [0.25, 0.3) is 0 Å². The Kier molecular flexibility index (Phi) is 5.30. The Morgan fingerprint density at radius 3 is 2.79 bits per heavy atom. The van der Waals surface area contributed by atoms with Gasteiger partial charge in [0.1, 0.15) is 11.4 Å². The van der Waals surface area contributed by atoms with Crippen LogP contribution in [-0.4, -0.2) is 82.7 Å². The quantitative estimate of drug-likeness (QED) is 0.839. The largest absolute Gasteiger partial charge is 0.386 e. The molecule has 0 aromatic carbocycles. The molecule has 132 valence electrons. The van der Waals surface area contributed by atoms with Crippen molar-refractivity contribution >= 4 is 11.7 Å². The summed E-state index contributed by atoms with van der Waals surface area (Å²) in [6, 6.07) is 0. The standard InChI is InChI=1S/C17H27N5O2/c1-20(16(23)12-21-8-3-2-4-9-21)13-17(24)5-10-22(14-17)15-11-18-6-7-19-15/h6-7,11,24H,2-5,8-10,12-14H2,1H3/t17-/m1/s1. The third-order valence-electron chi connectivity index (χ3n) is 4.97. The van der Waals surface area contributed by atoms with E-state index in [9.17, 15) is 9.90 Å². The molecule has 0 spiro atoms. The van der Waals surface area contributed by atoms with Crippen molar-refractivity contribution in [2.45, 2.75) is 31.3 Å². The molecule has 1 amide bonds. The van der Waals surface area contributed by atoms with Gasteiger partial charge in [-0.15, -0.1) is 0 Å². The molecule has 2 saturated heterocycles. The fourth-order valence-corrected chi connectivity index (χ4v) is 3.59. The molecule has 1 aromatic rings. The molecule has 2 fully saturated rings. The molecule has 0 unspecified atom stereocenters. The Morgan fingerprint density at radius 2 is 2.08 bits per heavy atom. The Balaban J connectivity index is 1.52. The lowest BCUT2D eigenvalue weighted by Crippen LogP contribution is -2.48. The number of likely N-dealkylation sites (N-methyl/N-ethyl adjacent to an activating group) is 1. The van der Waals surface area contributed by atoms with Gasteiger partial charge in [0.15, 0.2) is 0 Å². The summed E-state index contributed by atoms with van der Waals surface area (Å²) in [4.78, 5) is 26.7. The Labute approximate surface area is 143 Å². The van der Waals surface area contributed by atoms with Gasteiger partial charge >= 0.3 is 0 Å². The number of aliphatic hydroxyl groups is 1. The lowest BCUT2D eigenvalue weighted by molar-refractivity contribution is -0.134. The van der Waals surface area contributed by atoms with Gasteiger partial charge in [0.05, 0.1) is 19.3 Å². The number of rotatable bonds is 5. The molecule has 7 heteroatoms. The summed E-state index contributed by atoms with van der Waals surface area (Å²) in [5.41, 5.74) is -0.885. The maximum absolute atomic E-state index is 12.4. The molecule has 1 N–H and O–H groups in total. The van der Waals surface area contributed by atoms with Crippen LogP contribution >= 0.6 is 0 Å². The van der Waals surface area contributed by atoms with E-state index >= 15 is 0 Å². The van der Waals surface area contributed by atoms with Crippen molar-refractivity contribution in [2.75, 3.05) is 51.2 Å². The number of hydrogen-bond donors (Lipinski definition) is 1. The van der Waals surface area contributed by atoms with Crippen molar-refractivity contribution in [3.05, 3.63) is 18.6 Å². The van der Waals surface area contributed by atoms with E-state index in [0.717, 1.165) is 25.5 Å². The first-order valence-corrected chi connectivity index (χ1v) is 8.75. The number of nitrogens with zero attached hydrogens (tertiary/aromatic N) is 5. The van der Waals surface area contributed by atoms with Crippen molar-refractivity contribution in [2.24, 2.45) is 0 Å². The summed E-state index contributed by atoms with van der Waals surface area (Å²) in [7, 11) is 1.79. The highest BCUT2D eigenvalue weighted by Crippen LogP contribution is 2.25. The minimum Gasteiger partial charge on any atom is -0.386 e. The highest BCUT2D eigenvalue weighted by molar-refractivity contribution is 5.78. The minimum atomic E-state index is -0.885. The lowest BCUT2D eigenvalue weighted by Gasteiger charge is -2.32. The second kappa shape index (κ2) is 7.44. The molecular weight excluding hydrogens is 306 g/mol. The first-order chi connectivity index (χ1) is 11.6. The van der Waals surface area contributed by atoms with Gasteiger partial charge in [-0.3, -0.25) is 14.7 Å². The maximum Gasteiger partial charge on any atom is 0.236 e. The highest BCUT2D eigenvalue weighted by Gasteiger charge is 2.38. The second-order valence-electron chi connectivity index (χ2n) is 7.05. The van der Waals surface area contributed by atoms with Crippen molar-refractivity contribution in [1.29, 1.82) is 0 Å². The van der Waals surface area contributed by atoms with Crippen LogP contribution in [0.25, 0.3) is 0 Å². The van der Waals surface area contributed by atoms with E-state index in [-0.39, 0.29) is 5.91 Å². The number of anilines is 1. The van der Waals surface area contributed by atoms with E-state index in [0.29, 0.717) is 26.1 Å². The van der Waals surface area contributed by atoms with Crippen molar-refractivity contribution in [3.8, 4) is 0 Å². The number of piperidine rings is 1. The molecule has 7 nitrogen and oxygen atoms in total. The van der Waals surface area contributed by atoms with Gasteiger partial charge in [-0.2, -0.15) is 0 Å². The van der Waals surface area contributed by atoms with Crippen molar-refractivity contribution in [3.63, 3.8) is 0 Å². The number of likely N-dealkylation sites (tertiary alicyclic amines) is 1. The van der Waals surface area contributed by atoms with Gasteiger partial charge in [-0.1, -0.05) is 6.42 Å². The highest BCUT2D eigenvalue weighted by atomic mass is 16.3. The summed E-state index contributed by atoms with van der Waals surface area (Å²) >= 11 is 0. The van der Waals surface area contributed by atoms with E-state index in [1.807, 2.05) is 4.90 Å². The predicted octanol–water partition coefficient (Wildman–Crippen LogP) is 0.362. The van der Waals surface area contributed by atoms with Gasteiger partial charge in [0.2, 0.25) is 5.91 Å². The molecule has 1 atom stereocenters. The monoisotopic (exact) mass is 333 g/mol. The lowest BCUT2D eigenvalue weighted by atomic mass is 10.0. The topological polar surface area (TPSA) is 72.8 Å². The summed E-state index contributed by atoms with van der Waals surface area (Å²) in [5, 5.41) is 10.9. The number of amides is 1. The molecule has 24 heavy (non-hydrogen) atoms. The van der Waals surface area contributed by atoms with Crippen molar-refractivity contribution in [1.82, 2.24) is 19.8 Å². The molecule has 1 aromatic heterocycles. The van der Waals surface area contributed by atoms with Crippen LogP contribution in [0.3, 0.4) is 0 Å².